The molecule has 0 aromatic carbocycles. The van der Waals surface area contributed by atoms with Crippen LogP contribution in [0.4, 0.5) is 0 Å². The first-order chi connectivity index (χ1) is 7.46. The third-order valence-electron chi connectivity index (χ3n) is 3.90. The summed E-state index contributed by atoms with van der Waals surface area (Å²) in [6.45, 7) is 2.25. The smallest absolute Gasteiger partial charge is 0.147 e. The average molecular weight is 247 g/mol. The van der Waals surface area contributed by atoms with Crippen LogP contribution in [-0.2, 0) is 9.84 Å². The maximum atomic E-state index is 11.2. The van der Waals surface area contributed by atoms with Gasteiger partial charge in [-0.15, -0.1) is 0 Å². The monoisotopic (exact) mass is 247 g/mol. The van der Waals surface area contributed by atoms with Crippen molar-refractivity contribution >= 4 is 9.84 Å². The van der Waals surface area contributed by atoms with Crippen molar-refractivity contribution in [3.63, 3.8) is 0 Å². The van der Waals surface area contributed by atoms with Crippen LogP contribution in [0.3, 0.4) is 0 Å². The number of rotatable bonds is 6. The van der Waals surface area contributed by atoms with Gasteiger partial charge >= 0.3 is 0 Å². The fourth-order valence-electron chi connectivity index (χ4n) is 2.81. The molecule has 0 aliphatic heterocycles. The first kappa shape index (κ1) is 14.0. The van der Waals surface area contributed by atoms with Crippen molar-refractivity contribution in [1.29, 1.82) is 0 Å². The molecule has 3 unspecified atom stereocenters. The number of hydrogen-bond acceptors (Lipinski definition) is 3. The van der Waals surface area contributed by atoms with E-state index in [0.29, 0.717) is 17.7 Å². The molecule has 1 N–H and O–H groups in total. The lowest BCUT2D eigenvalue weighted by atomic mass is 9.94. The molecule has 96 valence electrons. The largest absolute Gasteiger partial charge is 0.317 e. The Hall–Kier alpha value is -0.0900. The van der Waals surface area contributed by atoms with Gasteiger partial charge in [0.15, 0.2) is 0 Å². The normalized spacial score (nSPS) is 28.2. The molecule has 0 spiro atoms. The van der Waals surface area contributed by atoms with Gasteiger partial charge in [-0.2, -0.15) is 0 Å². The van der Waals surface area contributed by atoms with Gasteiger partial charge in [-0.1, -0.05) is 19.8 Å². The third kappa shape index (κ3) is 4.42. The fourth-order valence-corrected chi connectivity index (χ4v) is 3.49. The standard InChI is InChI=1S/C12H25NO2S/c1-4-10-5-6-11(9-10)12(13-2)7-8-16(3,14)15/h10-13H,4-9H2,1-3H3. The van der Waals surface area contributed by atoms with E-state index in [1.165, 1.54) is 31.9 Å². The molecule has 1 aliphatic carbocycles. The van der Waals surface area contributed by atoms with Gasteiger partial charge < -0.3 is 5.32 Å². The lowest BCUT2D eigenvalue weighted by Gasteiger charge is -2.23. The van der Waals surface area contributed by atoms with E-state index in [9.17, 15) is 8.42 Å². The molecule has 0 amide bonds. The van der Waals surface area contributed by atoms with Gasteiger partial charge in [0, 0.05) is 12.3 Å². The summed E-state index contributed by atoms with van der Waals surface area (Å²) in [5.41, 5.74) is 0. The van der Waals surface area contributed by atoms with Crippen molar-refractivity contribution in [1.82, 2.24) is 5.32 Å². The molecule has 0 aromatic heterocycles. The summed E-state index contributed by atoms with van der Waals surface area (Å²) in [7, 11) is -0.867. The van der Waals surface area contributed by atoms with Gasteiger partial charge in [-0.05, 0) is 38.1 Å². The second kappa shape index (κ2) is 6.01. The van der Waals surface area contributed by atoms with Crippen LogP contribution in [0.2, 0.25) is 0 Å². The Kier molecular flexibility index (Phi) is 5.25. The minimum absolute atomic E-state index is 0.311. The topological polar surface area (TPSA) is 46.2 Å². The molecular weight excluding hydrogens is 222 g/mol. The molecule has 0 bridgehead atoms. The molecule has 3 atom stereocenters. The van der Waals surface area contributed by atoms with Crippen LogP contribution in [0.1, 0.15) is 39.0 Å². The van der Waals surface area contributed by atoms with E-state index < -0.39 is 9.84 Å². The zero-order chi connectivity index (χ0) is 12.2. The summed E-state index contributed by atoms with van der Waals surface area (Å²) in [6, 6.07) is 0.381. The number of hydrogen-bond donors (Lipinski definition) is 1. The van der Waals surface area contributed by atoms with Crippen molar-refractivity contribution < 1.29 is 8.42 Å². The Morgan fingerprint density at radius 1 is 1.38 bits per heavy atom. The molecule has 1 fully saturated rings. The highest BCUT2D eigenvalue weighted by atomic mass is 32.2. The average Bonchev–Trinajstić information content (AvgIpc) is 2.65. The summed E-state index contributed by atoms with van der Waals surface area (Å²) in [5, 5.41) is 3.30. The van der Waals surface area contributed by atoms with E-state index >= 15 is 0 Å². The maximum absolute atomic E-state index is 11.2. The predicted molar refractivity (Wildman–Crippen MR) is 68.3 cm³/mol. The van der Waals surface area contributed by atoms with Gasteiger partial charge in [0.2, 0.25) is 0 Å². The lowest BCUT2D eigenvalue weighted by molar-refractivity contribution is 0.356. The summed E-state index contributed by atoms with van der Waals surface area (Å²) < 4.78 is 22.3. The third-order valence-corrected chi connectivity index (χ3v) is 4.88. The maximum Gasteiger partial charge on any atom is 0.147 e. The van der Waals surface area contributed by atoms with Crippen LogP contribution in [0.25, 0.3) is 0 Å². The summed E-state index contributed by atoms with van der Waals surface area (Å²) in [4.78, 5) is 0. The number of sulfone groups is 1. The van der Waals surface area contributed by atoms with E-state index in [1.54, 1.807) is 0 Å². The van der Waals surface area contributed by atoms with Gasteiger partial charge in [0.05, 0.1) is 5.75 Å². The SMILES string of the molecule is CCC1CCC(C(CCS(C)(=O)=O)NC)C1. The molecule has 0 aromatic rings. The Morgan fingerprint density at radius 2 is 2.06 bits per heavy atom. The Morgan fingerprint density at radius 3 is 2.50 bits per heavy atom. The first-order valence-corrected chi connectivity index (χ1v) is 8.37. The number of nitrogens with one attached hydrogen (secondary N) is 1. The van der Waals surface area contributed by atoms with Crippen molar-refractivity contribution in [2.24, 2.45) is 11.8 Å². The van der Waals surface area contributed by atoms with Crippen LogP contribution in [0.5, 0.6) is 0 Å². The summed E-state index contributed by atoms with van der Waals surface area (Å²) in [5.74, 6) is 1.85. The van der Waals surface area contributed by atoms with Crippen LogP contribution in [0, 0.1) is 11.8 Å². The summed E-state index contributed by atoms with van der Waals surface area (Å²) >= 11 is 0. The molecular formula is C12H25NO2S. The minimum atomic E-state index is -2.82. The quantitative estimate of drug-likeness (QED) is 0.779. The molecule has 4 heteroatoms. The van der Waals surface area contributed by atoms with Crippen LogP contribution in [0.15, 0.2) is 0 Å². The fraction of sp³-hybridized carbons (Fsp3) is 1.00. The van der Waals surface area contributed by atoms with Gasteiger partial charge in [0.25, 0.3) is 0 Å². The lowest BCUT2D eigenvalue weighted by Crippen LogP contribution is -2.34. The Labute approximate surface area is 99.9 Å². The van der Waals surface area contributed by atoms with Crippen molar-refractivity contribution in [2.75, 3.05) is 19.1 Å². The molecule has 1 aliphatic rings. The Bertz CT molecular complexity index is 300. The minimum Gasteiger partial charge on any atom is -0.317 e. The molecule has 0 saturated heterocycles. The van der Waals surface area contributed by atoms with E-state index in [0.717, 1.165) is 12.3 Å². The molecule has 3 nitrogen and oxygen atoms in total. The van der Waals surface area contributed by atoms with Gasteiger partial charge in [-0.25, -0.2) is 8.42 Å². The van der Waals surface area contributed by atoms with Crippen LogP contribution >= 0.6 is 0 Å². The van der Waals surface area contributed by atoms with Crippen molar-refractivity contribution in [3.05, 3.63) is 0 Å². The zero-order valence-electron chi connectivity index (χ0n) is 10.7. The van der Waals surface area contributed by atoms with E-state index in [4.69, 9.17) is 0 Å². The highest BCUT2D eigenvalue weighted by Gasteiger charge is 2.29. The molecule has 1 saturated carbocycles. The molecule has 0 radical (unpaired) electrons. The van der Waals surface area contributed by atoms with Crippen LogP contribution in [-0.4, -0.2) is 33.5 Å². The summed E-state index contributed by atoms with van der Waals surface area (Å²) in [6.07, 6.45) is 7.19. The predicted octanol–water partition coefficient (Wildman–Crippen LogP) is 1.84. The first-order valence-electron chi connectivity index (χ1n) is 6.31. The van der Waals surface area contributed by atoms with Crippen molar-refractivity contribution in [2.45, 2.75) is 45.1 Å². The molecule has 0 heterocycles. The van der Waals surface area contributed by atoms with Crippen LogP contribution < -0.4 is 5.32 Å². The molecule has 1 rings (SSSR count). The van der Waals surface area contributed by atoms with E-state index in [1.807, 2.05) is 7.05 Å². The zero-order valence-corrected chi connectivity index (χ0v) is 11.5. The Balaban J connectivity index is 2.43. The van der Waals surface area contributed by atoms with E-state index in [2.05, 4.69) is 12.2 Å². The van der Waals surface area contributed by atoms with Gasteiger partial charge in [-0.3, -0.25) is 0 Å². The highest BCUT2D eigenvalue weighted by Crippen LogP contribution is 2.35. The highest BCUT2D eigenvalue weighted by molar-refractivity contribution is 7.90. The second-order valence-electron chi connectivity index (χ2n) is 5.16. The van der Waals surface area contributed by atoms with Gasteiger partial charge in [0.1, 0.15) is 9.84 Å². The van der Waals surface area contributed by atoms with E-state index in [-0.39, 0.29) is 0 Å². The van der Waals surface area contributed by atoms with Crippen molar-refractivity contribution in [3.8, 4) is 0 Å². The second-order valence-corrected chi connectivity index (χ2v) is 7.42. The molecule has 16 heavy (non-hydrogen) atoms.